The quantitative estimate of drug-likeness (QED) is 0.892. The van der Waals surface area contributed by atoms with Gasteiger partial charge in [-0.25, -0.2) is 9.78 Å². The van der Waals surface area contributed by atoms with Gasteiger partial charge in [-0.1, -0.05) is 11.6 Å². The van der Waals surface area contributed by atoms with Crippen LogP contribution in [0.15, 0.2) is 18.5 Å². The van der Waals surface area contributed by atoms with Crippen LogP contribution in [-0.4, -0.2) is 47.2 Å². The van der Waals surface area contributed by atoms with E-state index >= 15 is 0 Å². The molecule has 3 rings (SSSR count). The molecule has 2 aromatic heterocycles. The second-order valence-corrected chi connectivity index (χ2v) is 5.17. The molecule has 2 aromatic rings. The maximum atomic E-state index is 11.5. The van der Waals surface area contributed by atoms with Crippen LogP contribution in [0.25, 0.3) is 11.0 Å². The Hall–Kier alpha value is -1.95. The number of halogens is 1. The number of fused-ring (bicyclic) bond motifs is 1. The predicted octanol–water partition coefficient (Wildman–Crippen LogP) is 2.47. The van der Waals surface area contributed by atoms with Crippen molar-refractivity contribution in [1.29, 1.82) is 0 Å². The Morgan fingerprint density at radius 3 is 3.30 bits per heavy atom. The SMILES string of the molecule is COC(=O)N1CC[C@H](Nc2c(Cl)cnc3[nH]ccc23)C1. The van der Waals surface area contributed by atoms with Gasteiger partial charge in [0.1, 0.15) is 5.65 Å². The number of rotatable bonds is 2. The summed E-state index contributed by atoms with van der Waals surface area (Å²) in [5.74, 6) is 0. The number of carbonyl (C=O) groups is 1. The van der Waals surface area contributed by atoms with Crippen molar-refractivity contribution >= 4 is 34.4 Å². The van der Waals surface area contributed by atoms with Crippen LogP contribution in [0.2, 0.25) is 5.02 Å². The fourth-order valence-corrected chi connectivity index (χ4v) is 2.71. The Morgan fingerprint density at radius 2 is 2.50 bits per heavy atom. The highest BCUT2D eigenvalue weighted by molar-refractivity contribution is 6.34. The molecule has 1 aliphatic heterocycles. The molecule has 2 N–H and O–H groups in total. The van der Waals surface area contributed by atoms with Crippen LogP contribution in [0.5, 0.6) is 0 Å². The number of nitrogens with zero attached hydrogens (tertiary/aromatic N) is 2. The minimum absolute atomic E-state index is 0.159. The molecule has 0 spiro atoms. The summed E-state index contributed by atoms with van der Waals surface area (Å²) in [5.41, 5.74) is 1.65. The molecular weight excluding hydrogens is 280 g/mol. The lowest BCUT2D eigenvalue weighted by molar-refractivity contribution is 0.133. The van der Waals surface area contributed by atoms with Crippen LogP contribution >= 0.6 is 11.6 Å². The molecule has 106 valence electrons. The summed E-state index contributed by atoms with van der Waals surface area (Å²) < 4.78 is 4.73. The lowest BCUT2D eigenvalue weighted by atomic mass is 10.2. The van der Waals surface area contributed by atoms with Crippen molar-refractivity contribution < 1.29 is 9.53 Å². The van der Waals surface area contributed by atoms with Gasteiger partial charge in [-0.3, -0.25) is 0 Å². The molecule has 0 unspecified atom stereocenters. The molecule has 0 bridgehead atoms. The molecule has 3 heterocycles. The molecule has 0 aliphatic carbocycles. The zero-order valence-corrected chi connectivity index (χ0v) is 11.8. The zero-order valence-electron chi connectivity index (χ0n) is 11.0. The molecule has 0 saturated carbocycles. The summed E-state index contributed by atoms with van der Waals surface area (Å²) in [4.78, 5) is 20.4. The van der Waals surface area contributed by atoms with Gasteiger partial charge in [0.2, 0.25) is 0 Å². The first-order valence-electron chi connectivity index (χ1n) is 6.40. The molecule has 1 fully saturated rings. The van der Waals surface area contributed by atoms with Crippen LogP contribution < -0.4 is 5.32 Å². The molecule has 1 aliphatic rings. The largest absolute Gasteiger partial charge is 0.453 e. The summed E-state index contributed by atoms with van der Waals surface area (Å²) in [6.45, 7) is 1.29. The summed E-state index contributed by atoms with van der Waals surface area (Å²) in [7, 11) is 1.40. The van der Waals surface area contributed by atoms with E-state index in [2.05, 4.69) is 15.3 Å². The number of hydrogen-bond acceptors (Lipinski definition) is 4. The van der Waals surface area contributed by atoms with E-state index in [1.807, 2.05) is 12.3 Å². The van der Waals surface area contributed by atoms with Gasteiger partial charge in [0, 0.05) is 30.7 Å². The fraction of sp³-hybridized carbons (Fsp3) is 0.385. The Morgan fingerprint density at radius 1 is 1.65 bits per heavy atom. The average molecular weight is 295 g/mol. The molecule has 1 saturated heterocycles. The lowest BCUT2D eigenvalue weighted by Gasteiger charge is -2.17. The van der Waals surface area contributed by atoms with E-state index in [0.717, 1.165) is 23.1 Å². The molecule has 1 amide bonds. The van der Waals surface area contributed by atoms with Gasteiger partial charge in [0.25, 0.3) is 0 Å². The number of likely N-dealkylation sites (tertiary alicyclic amines) is 1. The van der Waals surface area contributed by atoms with Gasteiger partial charge in [-0.15, -0.1) is 0 Å². The number of aromatic amines is 1. The predicted molar refractivity (Wildman–Crippen MR) is 77.1 cm³/mol. The van der Waals surface area contributed by atoms with Crippen molar-refractivity contribution in [2.45, 2.75) is 12.5 Å². The number of nitrogens with one attached hydrogen (secondary N) is 2. The van der Waals surface area contributed by atoms with Gasteiger partial charge >= 0.3 is 6.09 Å². The topological polar surface area (TPSA) is 70.2 Å². The molecule has 20 heavy (non-hydrogen) atoms. The normalized spacial score (nSPS) is 18.5. The summed E-state index contributed by atoms with van der Waals surface area (Å²) in [6, 6.07) is 2.09. The van der Waals surface area contributed by atoms with Crippen LogP contribution in [0.1, 0.15) is 6.42 Å². The highest BCUT2D eigenvalue weighted by Crippen LogP contribution is 2.30. The Bertz CT molecular complexity index is 642. The van der Waals surface area contributed by atoms with Crippen molar-refractivity contribution in [3.8, 4) is 0 Å². The number of aromatic nitrogens is 2. The van der Waals surface area contributed by atoms with E-state index in [9.17, 15) is 4.79 Å². The summed E-state index contributed by atoms with van der Waals surface area (Å²) in [6.07, 6.45) is 4.02. The number of pyridine rings is 1. The van der Waals surface area contributed by atoms with Crippen molar-refractivity contribution in [2.75, 3.05) is 25.5 Å². The van der Waals surface area contributed by atoms with Gasteiger partial charge in [0.05, 0.1) is 24.0 Å². The smallest absolute Gasteiger partial charge is 0.409 e. The van der Waals surface area contributed by atoms with Crippen LogP contribution in [-0.2, 0) is 4.74 Å². The third kappa shape index (κ3) is 2.27. The standard InChI is InChI=1S/C13H15ClN4O2/c1-20-13(19)18-5-3-8(7-18)17-11-9-2-4-15-12(9)16-6-10(11)14/h2,4,6,8H,3,5,7H2,1H3,(H2,15,16,17)/t8-/m0/s1. The average Bonchev–Trinajstić information content (AvgIpc) is 3.10. The van der Waals surface area contributed by atoms with E-state index in [0.29, 0.717) is 18.1 Å². The molecule has 0 aromatic carbocycles. The second-order valence-electron chi connectivity index (χ2n) is 4.77. The third-order valence-electron chi connectivity index (χ3n) is 3.51. The summed E-state index contributed by atoms with van der Waals surface area (Å²) in [5, 5.41) is 4.94. The summed E-state index contributed by atoms with van der Waals surface area (Å²) >= 11 is 6.22. The monoisotopic (exact) mass is 294 g/mol. The van der Waals surface area contributed by atoms with Gasteiger partial charge in [-0.05, 0) is 12.5 Å². The van der Waals surface area contributed by atoms with Gasteiger partial charge in [0.15, 0.2) is 0 Å². The van der Waals surface area contributed by atoms with Crippen molar-refractivity contribution in [3.63, 3.8) is 0 Å². The van der Waals surface area contributed by atoms with E-state index in [4.69, 9.17) is 16.3 Å². The molecule has 7 heteroatoms. The number of amides is 1. The van der Waals surface area contributed by atoms with Crippen LogP contribution in [0.3, 0.4) is 0 Å². The Balaban J connectivity index is 1.79. The van der Waals surface area contributed by atoms with Gasteiger partial charge < -0.3 is 19.9 Å². The maximum absolute atomic E-state index is 11.5. The van der Waals surface area contributed by atoms with Crippen LogP contribution in [0.4, 0.5) is 10.5 Å². The second kappa shape index (κ2) is 5.20. The highest BCUT2D eigenvalue weighted by Gasteiger charge is 2.27. The first-order chi connectivity index (χ1) is 9.69. The van der Waals surface area contributed by atoms with Crippen molar-refractivity contribution in [3.05, 3.63) is 23.5 Å². The first kappa shape index (κ1) is 13.1. The minimum Gasteiger partial charge on any atom is -0.453 e. The number of anilines is 1. The minimum atomic E-state index is -0.290. The van der Waals surface area contributed by atoms with E-state index in [1.54, 1.807) is 11.1 Å². The molecule has 1 atom stereocenters. The first-order valence-corrected chi connectivity index (χ1v) is 6.78. The van der Waals surface area contributed by atoms with Crippen molar-refractivity contribution in [2.24, 2.45) is 0 Å². The fourth-order valence-electron chi connectivity index (χ4n) is 2.51. The third-order valence-corrected chi connectivity index (χ3v) is 3.80. The molecule has 6 nitrogen and oxygen atoms in total. The number of carbonyl (C=O) groups excluding carboxylic acids is 1. The Labute approximate surface area is 121 Å². The number of H-pyrrole nitrogens is 1. The Kier molecular flexibility index (Phi) is 3.40. The molecule has 0 radical (unpaired) electrons. The van der Waals surface area contributed by atoms with E-state index in [1.165, 1.54) is 7.11 Å². The lowest BCUT2D eigenvalue weighted by Crippen LogP contribution is -2.31. The van der Waals surface area contributed by atoms with E-state index in [-0.39, 0.29) is 12.1 Å². The highest BCUT2D eigenvalue weighted by atomic mass is 35.5. The van der Waals surface area contributed by atoms with E-state index < -0.39 is 0 Å². The zero-order chi connectivity index (χ0) is 14.1. The number of methoxy groups -OCH3 is 1. The van der Waals surface area contributed by atoms with Gasteiger partial charge in [-0.2, -0.15) is 0 Å². The maximum Gasteiger partial charge on any atom is 0.409 e. The number of hydrogen-bond donors (Lipinski definition) is 2. The number of ether oxygens (including phenoxy) is 1. The van der Waals surface area contributed by atoms with Crippen molar-refractivity contribution in [1.82, 2.24) is 14.9 Å². The van der Waals surface area contributed by atoms with Crippen LogP contribution in [0, 0.1) is 0 Å². The molecular formula is C13H15ClN4O2.